The molecule has 3 heterocycles. The van der Waals surface area contributed by atoms with Gasteiger partial charge in [-0.05, 0) is 60.1 Å². The number of furan rings is 1. The van der Waals surface area contributed by atoms with E-state index >= 15 is 0 Å². The van der Waals surface area contributed by atoms with Gasteiger partial charge in [0.25, 0.3) is 5.69 Å². The zero-order valence-corrected chi connectivity index (χ0v) is 20.1. The van der Waals surface area contributed by atoms with Gasteiger partial charge in [-0.1, -0.05) is 44.2 Å². The van der Waals surface area contributed by atoms with Crippen molar-refractivity contribution in [1.82, 2.24) is 10.3 Å². The van der Waals surface area contributed by atoms with Gasteiger partial charge in [-0.25, -0.2) is 0 Å². The van der Waals surface area contributed by atoms with Gasteiger partial charge >= 0.3 is 0 Å². The highest BCUT2D eigenvalue weighted by atomic mass is 32.1. The summed E-state index contributed by atoms with van der Waals surface area (Å²) in [4.78, 5) is 17.4. The number of nitro groups is 1. The molecule has 0 unspecified atom stereocenters. The van der Waals surface area contributed by atoms with Crippen molar-refractivity contribution in [3.63, 3.8) is 0 Å². The molecule has 1 fully saturated rings. The molecule has 0 saturated carbocycles. The van der Waals surface area contributed by atoms with E-state index in [1.807, 2.05) is 30.3 Å². The molecule has 1 saturated heterocycles. The van der Waals surface area contributed by atoms with Gasteiger partial charge < -0.3 is 14.6 Å². The number of rotatable bonds is 6. The summed E-state index contributed by atoms with van der Waals surface area (Å²) in [5.41, 5.74) is 3.69. The molecule has 0 spiro atoms. The third-order valence-corrected chi connectivity index (χ3v) is 6.51. The predicted octanol–water partition coefficient (Wildman–Crippen LogP) is 6.55. The molecule has 2 aromatic carbocycles. The molecule has 1 N–H and O–H groups in total. The first kappa shape index (κ1) is 22.7. The SMILES string of the molecule is CC(C)c1ccc(N2C(=S)N[C@@H](c3ccccn3)[C@@H]2c2ccc(-c3cccc([N+](=O)[O-])c3)o2)cc1. The highest BCUT2D eigenvalue weighted by Gasteiger charge is 2.42. The number of nitrogens with zero attached hydrogens (tertiary/aromatic N) is 3. The van der Waals surface area contributed by atoms with Crippen molar-refractivity contribution in [3.05, 3.63) is 112 Å². The lowest BCUT2D eigenvalue weighted by molar-refractivity contribution is -0.384. The average molecular weight is 485 g/mol. The molecule has 0 amide bonds. The number of benzene rings is 2. The highest BCUT2D eigenvalue weighted by molar-refractivity contribution is 7.80. The summed E-state index contributed by atoms with van der Waals surface area (Å²) >= 11 is 5.78. The number of nitrogens with one attached hydrogen (secondary N) is 1. The van der Waals surface area contributed by atoms with Crippen LogP contribution in [-0.2, 0) is 0 Å². The van der Waals surface area contributed by atoms with E-state index < -0.39 is 4.92 Å². The highest BCUT2D eigenvalue weighted by Crippen LogP contribution is 2.43. The second-order valence-corrected chi connectivity index (χ2v) is 9.14. The zero-order chi connectivity index (χ0) is 24.5. The number of anilines is 1. The van der Waals surface area contributed by atoms with Crippen LogP contribution in [0.3, 0.4) is 0 Å². The van der Waals surface area contributed by atoms with Crippen LogP contribution in [0.5, 0.6) is 0 Å². The van der Waals surface area contributed by atoms with Crippen molar-refractivity contribution in [2.75, 3.05) is 4.90 Å². The van der Waals surface area contributed by atoms with Gasteiger partial charge in [0.2, 0.25) is 0 Å². The lowest BCUT2D eigenvalue weighted by Gasteiger charge is -2.26. The van der Waals surface area contributed by atoms with E-state index in [2.05, 4.69) is 53.3 Å². The molecule has 0 radical (unpaired) electrons. The fourth-order valence-corrected chi connectivity index (χ4v) is 4.73. The Labute approximate surface area is 208 Å². The van der Waals surface area contributed by atoms with Crippen molar-refractivity contribution in [3.8, 4) is 11.3 Å². The van der Waals surface area contributed by atoms with Crippen LogP contribution in [0.2, 0.25) is 0 Å². The van der Waals surface area contributed by atoms with Crippen LogP contribution >= 0.6 is 12.2 Å². The van der Waals surface area contributed by atoms with Gasteiger partial charge in [-0.2, -0.15) is 0 Å². The maximum atomic E-state index is 11.2. The molecular weight excluding hydrogens is 460 g/mol. The van der Waals surface area contributed by atoms with Crippen molar-refractivity contribution in [2.24, 2.45) is 0 Å². The zero-order valence-electron chi connectivity index (χ0n) is 19.3. The van der Waals surface area contributed by atoms with E-state index in [0.29, 0.717) is 28.1 Å². The first-order valence-electron chi connectivity index (χ1n) is 11.4. The quantitative estimate of drug-likeness (QED) is 0.189. The van der Waals surface area contributed by atoms with Crippen LogP contribution < -0.4 is 10.2 Å². The van der Waals surface area contributed by atoms with Crippen molar-refractivity contribution in [2.45, 2.75) is 31.8 Å². The normalized spacial score (nSPS) is 17.6. The minimum Gasteiger partial charge on any atom is -0.459 e. The summed E-state index contributed by atoms with van der Waals surface area (Å²) in [6, 6.07) is 23.8. The van der Waals surface area contributed by atoms with E-state index in [4.69, 9.17) is 16.6 Å². The van der Waals surface area contributed by atoms with Crippen molar-refractivity contribution >= 4 is 28.7 Å². The van der Waals surface area contributed by atoms with Crippen LogP contribution in [0.15, 0.2) is 89.5 Å². The van der Waals surface area contributed by atoms with Gasteiger partial charge in [0, 0.05) is 29.6 Å². The maximum absolute atomic E-state index is 11.2. The smallest absolute Gasteiger partial charge is 0.270 e. The van der Waals surface area contributed by atoms with E-state index in [9.17, 15) is 10.1 Å². The lowest BCUT2D eigenvalue weighted by atomic mass is 10.0. The Morgan fingerprint density at radius 3 is 2.54 bits per heavy atom. The third-order valence-electron chi connectivity index (χ3n) is 6.20. The van der Waals surface area contributed by atoms with E-state index in [0.717, 1.165) is 11.4 Å². The van der Waals surface area contributed by atoms with Gasteiger partial charge in [0.05, 0.1) is 16.7 Å². The molecule has 176 valence electrons. The Balaban J connectivity index is 1.57. The summed E-state index contributed by atoms with van der Waals surface area (Å²) in [6.07, 6.45) is 1.76. The predicted molar refractivity (Wildman–Crippen MR) is 139 cm³/mol. The van der Waals surface area contributed by atoms with Crippen LogP contribution in [-0.4, -0.2) is 15.0 Å². The monoisotopic (exact) mass is 484 g/mol. The van der Waals surface area contributed by atoms with Crippen molar-refractivity contribution in [1.29, 1.82) is 0 Å². The lowest BCUT2D eigenvalue weighted by Crippen LogP contribution is -2.29. The molecule has 2 aromatic heterocycles. The minimum absolute atomic E-state index is 0.0161. The summed E-state index contributed by atoms with van der Waals surface area (Å²) in [6.45, 7) is 4.32. The molecular formula is C27H24N4O3S. The fraction of sp³-hybridized carbons (Fsp3) is 0.185. The van der Waals surface area contributed by atoms with Crippen molar-refractivity contribution < 1.29 is 9.34 Å². The average Bonchev–Trinajstić information content (AvgIpc) is 3.49. The first-order valence-corrected chi connectivity index (χ1v) is 11.8. The Hall–Kier alpha value is -4.04. The van der Waals surface area contributed by atoms with Crippen LogP contribution in [0.25, 0.3) is 11.3 Å². The summed E-state index contributed by atoms with van der Waals surface area (Å²) < 4.78 is 6.31. The summed E-state index contributed by atoms with van der Waals surface area (Å²) in [7, 11) is 0. The molecule has 8 heteroatoms. The molecule has 1 aliphatic heterocycles. The second kappa shape index (κ2) is 9.31. The number of nitro benzene ring substituents is 1. The van der Waals surface area contributed by atoms with E-state index in [1.165, 1.54) is 17.7 Å². The molecule has 1 aliphatic rings. The standard InChI is InChI=1S/C27H24N4O3S/c1-17(2)18-9-11-20(12-10-18)30-26(25(29-27(30)35)22-8-3-4-15-28-22)24-14-13-23(34-24)19-6-5-7-21(16-19)31(32)33/h3-17,25-26H,1-2H3,(H,29,35)/t25-,26-/m0/s1. The number of thiocarbonyl (C=S) groups is 1. The number of aromatic nitrogens is 1. The van der Waals surface area contributed by atoms with Crippen LogP contribution in [0, 0.1) is 10.1 Å². The van der Waals surface area contributed by atoms with Crippen LogP contribution in [0.4, 0.5) is 11.4 Å². The van der Waals surface area contributed by atoms with Gasteiger partial charge in [0.1, 0.15) is 17.6 Å². The van der Waals surface area contributed by atoms with E-state index in [-0.39, 0.29) is 17.8 Å². The molecule has 2 atom stereocenters. The molecule has 4 aromatic rings. The molecule has 0 aliphatic carbocycles. The maximum Gasteiger partial charge on any atom is 0.270 e. The number of pyridine rings is 1. The topological polar surface area (TPSA) is 84.4 Å². The Kier molecular flexibility index (Phi) is 6.05. The van der Waals surface area contributed by atoms with Gasteiger partial charge in [-0.3, -0.25) is 15.1 Å². The first-order chi connectivity index (χ1) is 16.9. The minimum atomic E-state index is -0.410. The van der Waals surface area contributed by atoms with Gasteiger partial charge in [-0.15, -0.1) is 0 Å². The van der Waals surface area contributed by atoms with Crippen LogP contribution in [0.1, 0.15) is 48.9 Å². The molecule has 35 heavy (non-hydrogen) atoms. The number of hydrogen-bond donors (Lipinski definition) is 1. The Morgan fingerprint density at radius 1 is 1.06 bits per heavy atom. The summed E-state index contributed by atoms with van der Waals surface area (Å²) in [5, 5.41) is 15.2. The molecule has 7 nitrogen and oxygen atoms in total. The summed E-state index contributed by atoms with van der Waals surface area (Å²) in [5.74, 6) is 1.66. The number of non-ortho nitro benzene ring substituents is 1. The Bertz CT molecular complexity index is 1370. The number of hydrogen-bond acceptors (Lipinski definition) is 5. The molecule has 5 rings (SSSR count). The second-order valence-electron chi connectivity index (χ2n) is 8.75. The third kappa shape index (κ3) is 4.40. The fourth-order valence-electron chi connectivity index (χ4n) is 4.38. The van der Waals surface area contributed by atoms with E-state index in [1.54, 1.807) is 18.3 Å². The Morgan fingerprint density at radius 2 is 1.86 bits per heavy atom. The molecule has 0 bridgehead atoms. The largest absolute Gasteiger partial charge is 0.459 e. The van der Waals surface area contributed by atoms with Gasteiger partial charge in [0.15, 0.2) is 5.11 Å².